The molecule has 1 aromatic rings. The molecule has 20 heavy (non-hydrogen) atoms. The van der Waals surface area contributed by atoms with Gasteiger partial charge in [-0.05, 0) is 20.8 Å². The lowest BCUT2D eigenvalue weighted by Gasteiger charge is -2.19. The van der Waals surface area contributed by atoms with E-state index in [0.717, 1.165) is 0 Å². The number of nitrogens with zero attached hydrogens (tertiary/aromatic N) is 1. The van der Waals surface area contributed by atoms with Gasteiger partial charge in [0.05, 0.1) is 12.5 Å². The monoisotopic (exact) mass is 298 g/mol. The summed E-state index contributed by atoms with van der Waals surface area (Å²) in [6.45, 7) is 4.81. The maximum atomic E-state index is 12.0. The van der Waals surface area contributed by atoms with Gasteiger partial charge in [-0.3, -0.25) is 10.1 Å². The van der Waals surface area contributed by atoms with Gasteiger partial charge in [-0.2, -0.15) is 5.26 Å². The van der Waals surface area contributed by atoms with Gasteiger partial charge in [0.25, 0.3) is 0 Å². The standard InChI is InChI=1S/C13H15ClN2O4/c1-7-9(11(17)19-4)8(5-15)10(20-7)16-12(18)13(2,3)6-14/h6H2,1-4H3,(H,16,18). The van der Waals surface area contributed by atoms with E-state index in [1.54, 1.807) is 13.8 Å². The Bertz CT molecular complexity index is 584. The Labute approximate surface area is 121 Å². The lowest BCUT2D eigenvalue weighted by atomic mass is 9.95. The SMILES string of the molecule is COC(=O)c1c(C)oc(NC(=O)C(C)(C)CCl)c1C#N. The van der Waals surface area contributed by atoms with Crippen LogP contribution in [-0.4, -0.2) is 24.9 Å². The number of rotatable bonds is 4. The van der Waals surface area contributed by atoms with Gasteiger partial charge in [0.15, 0.2) is 0 Å². The molecule has 0 aliphatic rings. The molecule has 6 nitrogen and oxygen atoms in total. The average Bonchev–Trinajstić information content (AvgIpc) is 2.73. The van der Waals surface area contributed by atoms with E-state index in [1.807, 2.05) is 6.07 Å². The molecule has 0 radical (unpaired) electrons. The Morgan fingerprint density at radius 2 is 2.10 bits per heavy atom. The minimum absolute atomic E-state index is 0.00831. The molecule has 0 unspecified atom stereocenters. The molecule has 1 heterocycles. The molecule has 0 bridgehead atoms. The predicted molar refractivity (Wildman–Crippen MR) is 72.6 cm³/mol. The molecule has 1 N–H and O–H groups in total. The van der Waals surface area contributed by atoms with Crippen LogP contribution in [0.3, 0.4) is 0 Å². The van der Waals surface area contributed by atoms with Crippen LogP contribution in [0.15, 0.2) is 4.42 Å². The summed E-state index contributed by atoms with van der Waals surface area (Å²) < 4.78 is 9.85. The molecule has 0 fully saturated rings. The highest BCUT2D eigenvalue weighted by Gasteiger charge is 2.31. The van der Waals surface area contributed by atoms with E-state index < -0.39 is 17.3 Å². The topological polar surface area (TPSA) is 92.3 Å². The van der Waals surface area contributed by atoms with Crippen molar-refractivity contribution in [3.05, 3.63) is 16.9 Å². The van der Waals surface area contributed by atoms with Gasteiger partial charge in [0.2, 0.25) is 11.8 Å². The van der Waals surface area contributed by atoms with Crippen molar-refractivity contribution >= 4 is 29.4 Å². The molecule has 0 atom stereocenters. The maximum absolute atomic E-state index is 12.0. The highest BCUT2D eigenvalue weighted by atomic mass is 35.5. The summed E-state index contributed by atoms with van der Waals surface area (Å²) >= 11 is 5.71. The van der Waals surface area contributed by atoms with Gasteiger partial charge in [-0.25, -0.2) is 4.79 Å². The fraction of sp³-hybridized carbons (Fsp3) is 0.462. The van der Waals surface area contributed by atoms with Crippen molar-refractivity contribution in [2.24, 2.45) is 5.41 Å². The van der Waals surface area contributed by atoms with Crippen molar-refractivity contribution in [1.82, 2.24) is 0 Å². The largest absolute Gasteiger partial charge is 0.465 e. The summed E-state index contributed by atoms with van der Waals surface area (Å²) in [7, 11) is 1.20. The van der Waals surface area contributed by atoms with Crippen LogP contribution in [0.1, 0.15) is 35.5 Å². The second-order valence-corrected chi connectivity index (χ2v) is 5.08. The van der Waals surface area contributed by atoms with Gasteiger partial charge in [-0.15, -0.1) is 11.6 Å². The summed E-state index contributed by atoms with van der Waals surface area (Å²) in [5, 5.41) is 11.6. The summed E-state index contributed by atoms with van der Waals surface area (Å²) in [6, 6.07) is 1.83. The third-order valence-electron chi connectivity index (χ3n) is 2.76. The van der Waals surface area contributed by atoms with Crippen LogP contribution in [0.25, 0.3) is 0 Å². The van der Waals surface area contributed by atoms with Crippen molar-refractivity contribution in [2.45, 2.75) is 20.8 Å². The number of carbonyl (C=O) groups is 2. The van der Waals surface area contributed by atoms with Crippen LogP contribution in [-0.2, 0) is 9.53 Å². The first-order chi connectivity index (χ1) is 9.28. The molecular weight excluding hydrogens is 284 g/mol. The number of nitrogens with one attached hydrogen (secondary N) is 1. The zero-order chi connectivity index (χ0) is 15.5. The van der Waals surface area contributed by atoms with Crippen molar-refractivity contribution in [2.75, 3.05) is 18.3 Å². The average molecular weight is 299 g/mol. The molecular formula is C13H15ClN2O4. The minimum atomic E-state index is -0.833. The number of hydrogen-bond donors (Lipinski definition) is 1. The van der Waals surface area contributed by atoms with Gasteiger partial charge < -0.3 is 9.15 Å². The second kappa shape index (κ2) is 5.97. The summed E-state index contributed by atoms with van der Waals surface area (Å²) in [5.41, 5.74) is -0.887. The molecule has 0 aliphatic carbocycles. The number of anilines is 1. The quantitative estimate of drug-likeness (QED) is 0.681. The lowest BCUT2D eigenvalue weighted by molar-refractivity contribution is -0.123. The molecule has 0 aliphatic heterocycles. The van der Waals surface area contributed by atoms with Crippen molar-refractivity contribution in [1.29, 1.82) is 5.26 Å². The number of nitriles is 1. The number of esters is 1. The van der Waals surface area contributed by atoms with E-state index in [-0.39, 0.29) is 28.7 Å². The first-order valence-electron chi connectivity index (χ1n) is 5.77. The molecule has 0 saturated carbocycles. The molecule has 0 saturated heterocycles. The normalized spacial score (nSPS) is 10.8. The molecule has 0 aromatic carbocycles. The maximum Gasteiger partial charge on any atom is 0.342 e. The van der Waals surface area contributed by atoms with Gasteiger partial charge in [0.1, 0.15) is 23.0 Å². The van der Waals surface area contributed by atoms with E-state index in [0.29, 0.717) is 0 Å². The molecule has 108 valence electrons. The third kappa shape index (κ3) is 2.94. The third-order valence-corrected chi connectivity index (χ3v) is 3.43. The number of alkyl halides is 1. The summed E-state index contributed by atoms with van der Waals surface area (Å²) in [6.07, 6.45) is 0. The number of carbonyl (C=O) groups excluding carboxylic acids is 2. The first-order valence-corrected chi connectivity index (χ1v) is 6.31. The zero-order valence-electron chi connectivity index (χ0n) is 11.7. The molecule has 1 rings (SSSR count). The van der Waals surface area contributed by atoms with E-state index in [4.69, 9.17) is 21.3 Å². The van der Waals surface area contributed by atoms with Crippen LogP contribution in [0, 0.1) is 23.7 Å². The molecule has 0 spiro atoms. The van der Waals surface area contributed by atoms with Crippen molar-refractivity contribution in [3.8, 4) is 6.07 Å². The summed E-state index contributed by atoms with van der Waals surface area (Å²) in [5.74, 6) is -0.875. The van der Waals surface area contributed by atoms with Crippen LogP contribution < -0.4 is 5.32 Å². The van der Waals surface area contributed by atoms with E-state index in [9.17, 15) is 9.59 Å². The molecule has 7 heteroatoms. The highest BCUT2D eigenvalue weighted by Crippen LogP contribution is 2.29. The number of amides is 1. The minimum Gasteiger partial charge on any atom is -0.465 e. The van der Waals surface area contributed by atoms with Crippen LogP contribution in [0.2, 0.25) is 0 Å². The van der Waals surface area contributed by atoms with Gasteiger partial charge >= 0.3 is 5.97 Å². The Balaban J connectivity index is 3.19. The number of aryl methyl sites for hydroxylation is 1. The zero-order valence-corrected chi connectivity index (χ0v) is 12.4. The highest BCUT2D eigenvalue weighted by molar-refractivity contribution is 6.20. The molecule has 1 amide bonds. The Kier molecular flexibility index (Phi) is 4.79. The first kappa shape index (κ1) is 16.1. The van der Waals surface area contributed by atoms with Crippen LogP contribution in [0.4, 0.5) is 5.88 Å². The van der Waals surface area contributed by atoms with Crippen LogP contribution >= 0.6 is 11.6 Å². The van der Waals surface area contributed by atoms with E-state index >= 15 is 0 Å². The fourth-order valence-electron chi connectivity index (χ4n) is 1.42. The number of halogens is 1. The van der Waals surface area contributed by atoms with Crippen molar-refractivity contribution < 1.29 is 18.7 Å². The van der Waals surface area contributed by atoms with Crippen LogP contribution in [0.5, 0.6) is 0 Å². The van der Waals surface area contributed by atoms with Gasteiger partial charge in [-0.1, -0.05) is 0 Å². The van der Waals surface area contributed by atoms with Crippen molar-refractivity contribution in [3.63, 3.8) is 0 Å². The van der Waals surface area contributed by atoms with E-state index in [2.05, 4.69) is 10.1 Å². The Morgan fingerprint density at radius 3 is 2.55 bits per heavy atom. The van der Waals surface area contributed by atoms with E-state index in [1.165, 1.54) is 14.0 Å². The Morgan fingerprint density at radius 1 is 1.50 bits per heavy atom. The number of furan rings is 1. The molecule has 1 aromatic heterocycles. The lowest BCUT2D eigenvalue weighted by Crippen LogP contribution is -2.32. The number of methoxy groups -OCH3 is 1. The van der Waals surface area contributed by atoms with Gasteiger partial charge in [0, 0.05) is 5.88 Å². The number of ether oxygens (including phenoxy) is 1. The Hall–Kier alpha value is -2.00. The number of hydrogen-bond acceptors (Lipinski definition) is 5. The summed E-state index contributed by atoms with van der Waals surface area (Å²) in [4.78, 5) is 23.6. The second-order valence-electron chi connectivity index (χ2n) is 4.81. The smallest absolute Gasteiger partial charge is 0.342 e. The fourth-order valence-corrected chi connectivity index (χ4v) is 1.54. The predicted octanol–water partition coefficient (Wildman–Crippen LogP) is 2.45.